The molecule has 1 aliphatic heterocycles. The molecule has 0 radical (unpaired) electrons. The van der Waals surface area contributed by atoms with E-state index in [-0.39, 0.29) is 23.5 Å². The van der Waals surface area contributed by atoms with Gasteiger partial charge in [-0.1, -0.05) is 13.0 Å². The molecule has 0 aromatic heterocycles. The molecule has 6 nitrogen and oxygen atoms in total. The normalized spacial score (nSPS) is 26.2. The summed E-state index contributed by atoms with van der Waals surface area (Å²) in [5.74, 6) is 1.66. The topological polar surface area (TPSA) is 74.0 Å². The van der Waals surface area contributed by atoms with Crippen LogP contribution in [0.2, 0.25) is 0 Å². The zero-order chi connectivity index (χ0) is 18.7. The van der Waals surface area contributed by atoms with E-state index in [1.807, 2.05) is 6.07 Å². The van der Waals surface area contributed by atoms with Gasteiger partial charge in [0.05, 0.1) is 20.3 Å². The minimum absolute atomic E-state index is 0.128. The van der Waals surface area contributed by atoms with E-state index in [1.165, 1.54) is 20.0 Å². The molecule has 144 valence electrons. The molecule has 2 fully saturated rings. The van der Waals surface area contributed by atoms with E-state index in [0.717, 1.165) is 29.9 Å². The maximum atomic E-state index is 12.0. The smallest absolute Gasteiger partial charge is 0.409 e. The lowest BCUT2D eigenvalue weighted by atomic mass is 9.76. The van der Waals surface area contributed by atoms with Gasteiger partial charge in [-0.2, -0.15) is 0 Å². The molecule has 6 heteroatoms. The first-order chi connectivity index (χ1) is 12.5. The zero-order valence-electron chi connectivity index (χ0n) is 16.0. The molecule has 2 N–H and O–H groups in total. The van der Waals surface area contributed by atoms with E-state index in [4.69, 9.17) is 19.9 Å². The molecular weight excluding hydrogens is 332 g/mol. The minimum atomic E-state index is -0.303. The van der Waals surface area contributed by atoms with E-state index in [2.05, 4.69) is 19.1 Å². The highest BCUT2D eigenvalue weighted by molar-refractivity contribution is 5.68. The van der Waals surface area contributed by atoms with Gasteiger partial charge in [0.15, 0.2) is 11.5 Å². The number of methoxy groups -OCH3 is 2. The molecule has 0 bridgehead atoms. The molecule has 26 heavy (non-hydrogen) atoms. The number of amides is 1. The molecule has 0 spiro atoms. The summed E-state index contributed by atoms with van der Waals surface area (Å²) < 4.78 is 16.6. The van der Waals surface area contributed by atoms with E-state index in [9.17, 15) is 4.79 Å². The summed E-state index contributed by atoms with van der Waals surface area (Å²) in [5, 5.41) is 0. The number of hydrogen-bond donors (Lipinski definition) is 1. The Labute approximate surface area is 155 Å². The zero-order valence-corrected chi connectivity index (χ0v) is 16.0. The maximum Gasteiger partial charge on any atom is 0.409 e. The SMILES string of the molecule is COC(=O)N1CC(c2ccc(OC)c(OC3CCCC3)c2)[C@](C)(CN)C1. The van der Waals surface area contributed by atoms with Crippen molar-refractivity contribution in [1.29, 1.82) is 0 Å². The van der Waals surface area contributed by atoms with Crippen molar-refractivity contribution < 1.29 is 19.0 Å². The molecule has 1 unspecified atom stereocenters. The Kier molecular flexibility index (Phi) is 5.61. The molecule has 1 aliphatic carbocycles. The Hall–Kier alpha value is -1.95. The van der Waals surface area contributed by atoms with Crippen LogP contribution in [0.4, 0.5) is 4.79 Å². The number of carbonyl (C=O) groups excluding carboxylic acids is 1. The van der Waals surface area contributed by atoms with Gasteiger partial charge in [-0.15, -0.1) is 0 Å². The molecule has 1 aromatic carbocycles. The fourth-order valence-corrected chi connectivity index (χ4v) is 4.22. The summed E-state index contributed by atoms with van der Waals surface area (Å²) in [4.78, 5) is 13.7. The first-order valence-corrected chi connectivity index (χ1v) is 9.38. The van der Waals surface area contributed by atoms with Gasteiger partial charge < -0.3 is 24.8 Å². The number of rotatable bonds is 5. The van der Waals surface area contributed by atoms with Crippen molar-refractivity contribution in [3.8, 4) is 11.5 Å². The van der Waals surface area contributed by atoms with Crippen molar-refractivity contribution >= 4 is 6.09 Å². The summed E-state index contributed by atoms with van der Waals surface area (Å²) >= 11 is 0. The van der Waals surface area contributed by atoms with Crippen LogP contribution in [0.5, 0.6) is 11.5 Å². The number of likely N-dealkylation sites (tertiary alicyclic amines) is 1. The quantitative estimate of drug-likeness (QED) is 0.871. The Balaban J connectivity index is 1.88. The van der Waals surface area contributed by atoms with Crippen LogP contribution in [-0.2, 0) is 4.74 Å². The molecule has 3 rings (SSSR count). The Morgan fingerprint density at radius 3 is 2.62 bits per heavy atom. The van der Waals surface area contributed by atoms with Gasteiger partial charge in [-0.3, -0.25) is 0 Å². The van der Waals surface area contributed by atoms with E-state index in [0.29, 0.717) is 19.6 Å². The fourth-order valence-electron chi connectivity index (χ4n) is 4.22. The van der Waals surface area contributed by atoms with Crippen molar-refractivity contribution in [2.75, 3.05) is 33.9 Å². The van der Waals surface area contributed by atoms with Crippen LogP contribution >= 0.6 is 0 Å². The van der Waals surface area contributed by atoms with Crippen LogP contribution in [0, 0.1) is 5.41 Å². The number of benzene rings is 1. The monoisotopic (exact) mass is 362 g/mol. The lowest BCUT2D eigenvalue weighted by Crippen LogP contribution is -2.35. The van der Waals surface area contributed by atoms with E-state index < -0.39 is 0 Å². The van der Waals surface area contributed by atoms with Gasteiger partial charge in [0.1, 0.15) is 0 Å². The highest BCUT2D eigenvalue weighted by atomic mass is 16.5. The van der Waals surface area contributed by atoms with Crippen LogP contribution in [-0.4, -0.2) is 51.0 Å². The van der Waals surface area contributed by atoms with Gasteiger partial charge in [-0.05, 0) is 43.4 Å². The van der Waals surface area contributed by atoms with E-state index in [1.54, 1.807) is 12.0 Å². The van der Waals surface area contributed by atoms with Gasteiger partial charge in [0, 0.05) is 31.0 Å². The third-order valence-electron chi connectivity index (χ3n) is 5.88. The fraction of sp³-hybridized carbons (Fsp3) is 0.650. The lowest BCUT2D eigenvalue weighted by Gasteiger charge is -2.29. The molecule has 1 saturated carbocycles. The minimum Gasteiger partial charge on any atom is -0.493 e. The maximum absolute atomic E-state index is 12.0. The van der Waals surface area contributed by atoms with Gasteiger partial charge in [-0.25, -0.2) is 4.79 Å². The molecular formula is C20H30N2O4. The Morgan fingerprint density at radius 1 is 1.27 bits per heavy atom. The first kappa shape index (κ1) is 18.8. The molecule has 1 aromatic rings. The number of carbonyl (C=O) groups is 1. The third-order valence-corrected chi connectivity index (χ3v) is 5.88. The Bertz CT molecular complexity index is 645. The summed E-state index contributed by atoms with van der Waals surface area (Å²) in [6, 6.07) is 6.08. The van der Waals surface area contributed by atoms with Crippen molar-refractivity contribution in [2.45, 2.75) is 44.6 Å². The van der Waals surface area contributed by atoms with Gasteiger partial charge in [0.25, 0.3) is 0 Å². The number of ether oxygens (including phenoxy) is 3. The Morgan fingerprint density at radius 2 is 2.00 bits per heavy atom. The average molecular weight is 362 g/mol. The van der Waals surface area contributed by atoms with Crippen molar-refractivity contribution in [3.63, 3.8) is 0 Å². The standard InChI is InChI=1S/C20H30N2O4/c1-20(12-21)13-22(19(23)25-3)11-16(20)14-8-9-17(24-2)18(10-14)26-15-6-4-5-7-15/h8-10,15-16H,4-7,11-13,21H2,1-3H3/t16?,20-/m1/s1. The van der Waals surface area contributed by atoms with Crippen LogP contribution in [0.1, 0.15) is 44.1 Å². The number of hydrogen-bond acceptors (Lipinski definition) is 5. The largest absolute Gasteiger partial charge is 0.493 e. The van der Waals surface area contributed by atoms with Gasteiger partial charge >= 0.3 is 6.09 Å². The number of nitrogens with two attached hydrogens (primary N) is 1. The molecule has 1 heterocycles. The van der Waals surface area contributed by atoms with Crippen molar-refractivity contribution in [2.24, 2.45) is 11.1 Å². The third kappa shape index (κ3) is 3.61. The summed E-state index contributed by atoms with van der Waals surface area (Å²) in [6.45, 7) is 3.81. The summed E-state index contributed by atoms with van der Waals surface area (Å²) in [5.41, 5.74) is 7.01. The second kappa shape index (κ2) is 7.74. The highest BCUT2D eigenvalue weighted by Crippen LogP contribution is 2.44. The molecule has 1 amide bonds. The second-order valence-electron chi connectivity index (χ2n) is 7.70. The van der Waals surface area contributed by atoms with Crippen molar-refractivity contribution in [3.05, 3.63) is 23.8 Å². The van der Waals surface area contributed by atoms with Crippen LogP contribution in [0.15, 0.2) is 18.2 Å². The molecule has 2 aliphatic rings. The lowest BCUT2D eigenvalue weighted by molar-refractivity contribution is 0.128. The van der Waals surface area contributed by atoms with Crippen molar-refractivity contribution in [1.82, 2.24) is 4.90 Å². The highest BCUT2D eigenvalue weighted by Gasteiger charge is 2.45. The summed E-state index contributed by atoms with van der Waals surface area (Å²) in [6.07, 6.45) is 4.57. The van der Waals surface area contributed by atoms with Crippen LogP contribution in [0.3, 0.4) is 0 Å². The van der Waals surface area contributed by atoms with E-state index >= 15 is 0 Å². The number of nitrogens with zero attached hydrogens (tertiary/aromatic N) is 1. The van der Waals surface area contributed by atoms with Gasteiger partial charge in [0.2, 0.25) is 0 Å². The molecule has 1 saturated heterocycles. The second-order valence-corrected chi connectivity index (χ2v) is 7.70. The van der Waals surface area contributed by atoms with Crippen LogP contribution in [0.25, 0.3) is 0 Å². The summed E-state index contributed by atoms with van der Waals surface area (Å²) in [7, 11) is 3.07. The predicted octanol–water partition coefficient (Wildman–Crippen LogP) is 3.15. The molecule has 2 atom stereocenters. The van der Waals surface area contributed by atoms with Crippen LogP contribution < -0.4 is 15.2 Å². The average Bonchev–Trinajstić information content (AvgIpc) is 3.29. The first-order valence-electron chi connectivity index (χ1n) is 9.38. The predicted molar refractivity (Wildman–Crippen MR) is 99.8 cm³/mol.